The third-order valence-corrected chi connectivity index (χ3v) is 12.1. The molecule has 0 atom stereocenters. The summed E-state index contributed by atoms with van der Waals surface area (Å²) in [4.78, 5) is 0. The molecule has 0 radical (unpaired) electrons. The zero-order chi connectivity index (χ0) is 15.1. The predicted octanol–water partition coefficient (Wildman–Crippen LogP) is 4.78. The van der Waals surface area contributed by atoms with Crippen LogP contribution in [0.4, 0.5) is 0 Å². The van der Waals surface area contributed by atoms with Gasteiger partial charge in [-0.25, -0.2) is 0 Å². The minimum absolute atomic E-state index is 0. The van der Waals surface area contributed by atoms with Gasteiger partial charge < -0.3 is 2.85 Å². The van der Waals surface area contributed by atoms with E-state index in [9.17, 15) is 0 Å². The predicted molar refractivity (Wildman–Crippen MR) is 94.7 cm³/mol. The van der Waals surface area contributed by atoms with Gasteiger partial charge in [-0.05, 0) is 0 Å². The zero-order valence-corrected chi connectivity index (χ0v) is 15.6. The van der Waals surface area contributed by atoms with Crippen LogP contribution in [0.25, 0.3) is 11.1 Å². The quantitative estimate of drug-likeness (QED) is 0.613. The van der Waals surface area contributed by atoms with Crippen LogP contribution < -0.4 is 3.27 Å². The molecule has 0 saturated heterocycles. The van der Waals surface area contributed by atoms with Gasteiger partial charge in [0.15, 0.2) is 0 Å². The van der Waals surface area contributed by atoms with Crippen LogP contribution in [-0.4, -0.2) is 3.21 Å². The van der Waals surface area contributed by atoms with Crippen molar-refractivity contribution in [3.8, 4) is 11.1 Å². The maximum Gasteiger partial charge on any atom is -1.00 e. The summed E-state index contributed by atoms with van der Waals surface area (Å²) in [7, 11) is 0. The Morgan fingerprint density at radius 3 is 2.59 bits per heavy atom. The molecule has 2 aliphatic rings. The maximum atomic E-state index is 2.42. The van der Waals surface area contributed by atoms with Gasteiger partial charge in [-0.3, -0.25) is 0 Å². The normalized spacial score (nSPS) is 14.1. The molecular weight excluding hydrogens is 343 g/mol. The first-order valence-electron chi connectivity index (χ1n) is 8.00. The number of hydrogen-bond acceptors (Lipinski definition) is 0. The molecule has 0 aromatic heterocycles. The fraction of sp³-hybridized carbons (Fsp3) is 0.190. The molecule has 0 heterocycles. The Hall–Kier alpha value is -1.33. The van der Waals surface area contributed by atoms with Crippen molar-refractivity contribution in [2.75, 3.05) is 0 Å². The summed E-state index contributed by atoms with van der Waals surface area (Å²) < 4.78 is 5.11. The summed E-state index contributed by atoms with van der Waals surface area (Å²) in [5.41, 5.74) is 6.06. The molecule has 0 fully saturated rings. The number of fused-ring (bicyclic) bond motifs is 3. The Bertz CT molecular complexity index is 856. The first kappa shape index (κ1) is 14.3. The molecular formula is C21H22Zr. The fourth-order valence-corrected chi connectivity index (χ4v) is 10.9. The number of rotatable bonds is 2. The summed E-state index contributed by atoms with van der Waals surface area (Å²) >= 11 is -1.86. The summed E-state index contributed by atoms with van der Waals surface area (Å²) in [5, 5.41) is 0. The van der Waals surface area contributed by atoms with Crippen molar-refractivity contribution in [2.45, 2.75) is 26.7 Å². The Labute approximate surface area is 143 Å². The molecule has 2 aromatic rings. The Kier molecular flexibility index (Phi) is 3.70. The van der Waals surface area contributed by atoms with Crippen LogP contribution in [-0.2, 0) is 27.7 Å². The van der Waals surface area contributed by atoms with Crippen molar-refractivity contribution in [1.29, 1.82) is 0 Å². The van der Waals surface area contributed by atoms with Crippen LogP contribution in [0.3, 0.4) is 0 Å². The molecule has 1 heteroatoms. The van der Waals surface area contributed by atoms with Gasteiger partial charge in [0.1, 0.15) is 0 Å². The smallest absolute Gasteiger partial charge is 1.00 e. The van der Waals surface area contributed by atoms with Gasteiger partial charge in [-0.2, -0.15) is 0 Å². The first-order chi connectivity index (χ1) is 10.8. The Morgan fingerprint density at radius 2 is 1.82 bits per heavy atom. The van der Waals surface area contributed by atoms with E-state index in [1.54, 1.807) is 15.3 Å². The van der Waals surface area contributed by atoms with E-state index in [1.807, 2.05) is 0 Å². The Balaban J connectivity index is 0.00000104. The molecule has 0 nitrogen and oxygen atoms in total. The summed E-state index contributed by atoms with van der Waals surface area (Å²) in [6.45, 7) is 4.71. The fourth-order valence-electron chi connectivity index (χ4n) is 3.79. The molecule has 2 aliphatic carbocycles. The van der Waals surface area contributed by atoms with Gasteiger partial charge >= 0.3 is 141 Å². The average Bonchev–Trinajstić information content (AvgIpc) is 3.15. The minimum atomic E-state index is -1.86. The van der Waals surface area contributed by atoms with Gasteiger partial charge in [-0.15, -0.1) is 0 Å². The second-order valence-corrected chi connectivity index (χ2v) is 13.6. The third-order valence-electron chi connectivity index (χ3n) is 4.71. The van der Waals surface area contributed by atoms with Crippen molar-refractivity contribution >= 4 is 6.48 Å². The van der Waals surface area contributed by atoms with E-state index >= 15 is 0 Å². The molecule has 0 saturated carbocycles. The number of benzene rings is 2. The minimum Gasteiger partial charge on any atom is -1.00 e. The van der Waals surface area contributed by atoms with E-state index in [0.29, 0.717) is 0 Å². The van der Waals surface area contributed by atoms with E-state index in [2.05, 4.69) is 74.5 Å². The topological polar surface area (TPSA) is 0 Å². The molecule has 0 bridgehead atoms. The van der Waals surface area contributed by atoms with Crippen molar-refractivity contribution in [2.24, 2.45) is 0 Å². The van der Waals surface area contributed by atoms with E-state index in [4.69, 9.17) is 0 Å². The van der Waals surface area contributed by atoms with Crippen LogP contribution in [0.15, 0.2) is 64.0 Å². The van der Waals surface area contributed by atoms with E-state index in [0.717, 1.165) is 6.42 Å². The molecule has 0 aliphatic heterocycles. The van der Waals surface area contributed by atoms with Crippen molar-refractivity contribution in [1.82, 2.24) is 0 Å². The van der Waals surface area contributed by atoms with Crippen molar-refractivity contribution in [3.05, 3.63) is 75.1 Å². The van der Waals surface area contributed by atoms with Crippen molar-refractivity contribution in [3.63, 3.8) is 0 Å². The molecule has 0 spiro atoms. The molecule has 4 rings (SSSR count). The van der Waals surface area contributed by atoms with Crippen molar-refractivity contribution < 1.29 is 24.1 Å². The SMILES string of the molecule is C[C](C)=[Zr+2]([C]1=CC=CC1)[c]1cccc2c1Cc1ccccc1-2.[H-].[H-]. The first-order valence-corrected chi connectivity index (χ1v) is 11.7. The number of hydrogen-bond donors (Lipinski definition) is 0. The molecule has 110 valence electrons. The maximum absolute atomic E-state index is 2.42. The zero-order valence-electron chi connectivity index (χ0n) is 15.2. The van der Waals surface area contributed by atoms with E-state index < -0.39 is 21.3 Å². The molecule has 0 N–H and O–H groups in total. The third kappa shape index (κ3) is 2.27. The van der Waals surface area contributed by atoms with Gasteiger partial charge in [-0.1, -0.05) is 0 Å². The van der Waals surface area contributed by atoms with Crippen LogP contribution in [0.2, 0.25) is 0 Å². The largest absolute Gasteiger partial charge is 1.00 e. The van der Waals surface area contributed by atoms with Gasteiger partial charge in [0, 0.05) is 0 Å². The summed E-state index contributed by atoms with van der Waals surface area (Å²) in [6, 6.07) is 15.9. The van der Waals surface area contributed by atoms with Crippen LogP contribution >= 0.6 is 0 Å². The van der Waals surface area contributed by atoms with Crippen LogP contribution in [0, 0.1) is 0 Å². The van der Waals surface area contributed by atoms with Crippen LogP contribution in [0.1, 0.15) is 34.2 Å². The molecule has 2 aromatic carbocycles. The monoisotopic (exact) mass is 364 g/mol. The van der Waals surface area contributed by atoms with E-state index in [-0.39, 0.29) is 2.85 Å². The summed E-state index contributed by atoms with van der Waals surface area (Å²) in [6.07, 6.45) is 9.26. The van der Waals surface area contributed by atoms with Gasteiger partial charge in [0.25, 0.3) is 0 Å². The standard InChI is InChI=1S/C13H9.C5H5.C3H6.Zr.2H/c1-3-7-12-10(5-1)9-11-6-2-4-8-13(11)12;1-2-4-5-3-1;1-3-2;;;/h1-5,7-8H,9H2;1-3H,4H2;1-2H3;;;/q;;;+2;2*-1. The van der Waals surface area contributed by atoms with E-state index in [1.165, 1.54) is 23.1 Å². The van der Waals surface area contributed by atoms with Gasteiger partial charge in [0.05, 0.1) is 0 Å². The second-order valence-electron chi connectivity index (χ2n) is 6.36. The summed E-state index contributed by atoms with van der Waals surface area (Å²) in [5.74, 6) is 0. The molecule has 0 unspecified atom stereocenters. The second kappa shape index (κ2) is 5.71. The Morgan fingerprint density at radius 1 is 1.00 bits per heavy atom. The van der Waals surface area contributed by atoms with Crippen LogP contribution in [0.5, 0.6) is 0 Å². The molecule has 0 amide bonds. The average molecular weight is 366 g/mol. The van der Waals surface area contributed by atoms with Gasteiger partial charge in [0.2, 0.25) is 0 Å². The number of allylic oxidation sites excluding steroid dienone is 4. The molecule has 22 heavy (non-hydrogen) atoms.